The van der Waals surface area contributed by atoms with Crippen LogP contribution in [0.2, 0.25) is 0 Å². The molecule has 4 aromatic rings. The predicted octanol–water partition coefficient (Wildman–Crippen LogP) is 4.23. The molecule has 0 bridgehead atoms. The summed E-state index contributed by atoms with van der Waals surface area (Å²) in [7, 11) is 0. The fourth-order valence-corrected chi connectivity index (χ4v) is 4.24. The SMILES string of the molecule is Cc1ccc2oc(C3CCN(c4c(C#N)c(=O)[nH]c5ccccc45)CC3)nc2c1. The number of piperidine rings is 1. The molecular formula is C23H20N4O2. The zero-order chi connectivity index (χ0) is 20.0. The molecule has 0 unspecified atom stereocenters. The van der Waals surface area contributed by atoms with Crippen molar-refractivity contribution in [1.29, 1.82) is 5.26 Å². The molecule has 6 nitrogen and oxygen atoms in total. The second-order valence-electron chi connectivity index (χ2n) is 7.62. The lowest BCUT2D eigenvalue weighted by Crippen LogP contribution is -2.35. The van der Waals surface area contributed by atoms with Gasteiger partial charge in [0.1, 0.15) is 17.1 Å². The van der Waals surface area contributed by atoms with E-state index in [0.717, 1.165) is 65.1 Å². The Kier molecular flexibility index (Phi) is 4.09. The largest absolute Gasteiger partial charge is 0.440 e. The summed E-state index contributed by atoms with van der Waals surface area (Å²) in [6.07, 6.45) is 1.72. The maximum atomic E-state index is 12.4. The standard InChI is InChI=1S/C23H20N4O2/c1-14-6-7-20-19(12-14)26-23(29-20)15-8-10-27(11-9-15)21-16-4-2-3-5-18(16)25-22(28)17(21)13-24/h2-7,12,15H,8-11H2,1H3,(H,25,28). The van der Waals surface area contributed by atoms with E-state index in [0.29, 0.717) is 0 Å². The first-order valence-corrected chi connectivity index (χ1v) is 9.81. The van der Waals surface area contributed by atoms with Gasteiger partial charge in [0.25, 0.3) is 5.56 Å². The van der Waals surface area contributed by atoms with Crippen LogP contribution in [0, 0.1) is 18.3 Å². The van der Waals surface area contributed by atoms with Crippen molar-refractivity contribution >= 4 is 27.7 Å². The Morgan fingerprint density at radius 2 is 2.00 bits per heavy atom. The average Bonchev–Trinajstić information content (AvgIpc) is 3.16. The minimum atomic E-state index is -0.336. The number of oxazole rings is 1. The highest BCUT2D eigenvalue weighted by atomic mass is 16.3. The molecule has 0 saturated carbocycles. The summed E-state index contributed by atoms with van der Waals surface area (Å²) in [5.41, 5.74) is 4.21. The summed E-state index contributed by atoms with van der Waals surface area (Å²) in [4.78, 5) is 22.1. The number of nitrogens with one attached hydrogen (secondary N) is 1. The van der Waals surface area contributed by atoms with Crippen LogP contribution in [0.15, 0.2) is 51.7 Å². The molecule has 0 radical (unpaired) electrons. The Bertz CT molecular complexity index is 1320. The fourth-order valence-electron chi connectivity index (χ4n) is 4.24. The van der Waals surface area contributed by atoms with Crippen LogP contribution in [-0.2, 0) is 0 Å². The molecule has 1 saturated heterocycles. The molecule has 2 aromatic heterocycles. The predicted molar refractivity (Wildman–Crippen MR) is 112 cm³/mol. The van der Waals surface area contributed by atoms with Gasteiger partial charge in [-0.15, -0.1) is 0 Å². The summed E-state index contributed by atoms with van der Waals surface area (Å²) >= 11 is 0. The first-order valence-electron chi connectivity index (χ1n) is 9.81. The molecule has 1 N–H and O–H groups in total. The van der Waals surface area contributed by atoms with Gasteiger partial charge in [0.05, 0.1) is 11.2 Å². The van der Waals surface area contributed by atoms with Crippen molar-refractivity contribution in [3.63, 3.8) is 0 Å². The lowest BCUT2D eigenvalue weighted by atomic mass is 9.95. The molecule has 1 aliphatic heterocycles. The van der Waals surface area contributed by atoms with Crippen LogP contribution in [0.4, 0.5) is 5.69 Å². The van der Waals surface area contributed by atoms with Gasteiger partial charge >= 0.3 is 0 Å². The number of aromatic amines is 1. The van der Waals surface area contributed by atoms with Gasteiger partial charge in [-0.2, -0.15) is 5.26 Å². The van der Waals surface area contributed by atoms with E-state index in [9.17, 15) is 10.1 Å². The smallest absolute Gasteiger partial charge is 0.268 e. The van der Waals surface area contributed by atoms with Crippen molar-refractivity contribution in [3.05, 3.63) is 69.8 Å². The number of pyridine rings is 1. The lowest BCUT2D eigenvalue weighted by Gasteiger charge is -2.33. The summed E-state index contributed by atoms with van der Waals surface area (Å²) < 4.78 is 6.00. The summed E-state index contributed by atoms with van der Waals surface area (Å²) in [6.45, 7) is 3.53. The Hall–Kier alpha value is -3.59. The molecule has 3 heterocycles. The van der Waals surface area contributed by atoms with Gasteiger partial charge in [-0.1, -0.05) is 24.3 Å². The molecular weight excluding hydrogens is 364 g/mol. The van der Waals surface area contributed by atoms with Crippen molar-refractivity contribution in [1.82, 2.24) is 9.97 Å². The van der Waals surface area contributed by atoms with E-state index in [1.165, 1.54) is 0 Å². The zero-order valence-corrected chi connectivity index (χ0v) is 16.1. The molecule has 5 rings (SSSR count). The van der Waals surface area contributed by atoms with Gasteiger partial charge in [-0.05, 0) is 43.5 Å². The van der Waals surface area contributed by atoms with Crippen molar-refractivity contribution < 1.29 is 4.42 Å². The minimum Gasteiger partial charge on any atom is -0.440 e. The van der Waals surface area contributed by atoms with Crippen LogP contribution in [-0.4, -0.2) is 23.1 Å². The van der Waals surface area contributed by atoms with E-state index in [2.05, 4.69) is 16.0 Å². The molecule has 144 valence electrons. The maximum Gasteiger partial charge on any atom is 0.268 e. The summed E-state index contributed by atoms with van der Waals surface area (Å²) in [5.74, 6) is 1.01. The van der Waals surface area contributed by atoms with E-state index >= 15 is 0 Å². The van der Waals surface area contributed by atoms with Gasteiger partial charge in [0.15, 0.2) is 11.5 Å². The molecule has 0 aliphatic carbocycles. The molecule has 0 atom stereocenters. The number of nitrogens with zero attached hydrogens (tertiary/aromatic N) is 3. The summed E-state index contributed by atoms with van der Waals surface area (Å²) in [6, 6.07) is 15.8. The average molecular weight is 384 g/mol. The number of fused-ring (bicyclic) bond motifs is 2. The Balaban J connectivity index is 1.46. The van der Waals surface area contributed by atoms with Crippen LogP contribution < -0.4 is 10.5 Å². The molecule has 0 spiro atoms. The van der Waals surface area contributed by atoms with E-state index in [1.54, 1.807) is 0 Å². The van der Waals surface area contributed by atoms with Gasteiger partial charge in [-0.25, -0.2) is 4.98 Å². The number of hydrogen-bond acceptors (Lipinski definition) is 5. The normalized spacial score (nSPS) is 15.1. The second-order valence-corrected chi connectivity index (χ2v) is 7.62. The van der Waals surface area contributed by atoms with Crippen molar-refractivity contribution in [3.8, 4) is 6.07 Å². The van der Waals surface area contributed by atoms with Crippen LogP contribution in [0.25, 0.3) is 22.0 Å². The number of benzene rings is 2. The van der Waals surface area contributed by atoms with Gasteiger partial charge in [-0.3, -0.25) is 4.79 Å². The maximum absolute atomic E-state index is 12.4. The van der Waals surface area contributed by atoms with E-state index in [4.69, 9.17) is 9.40 Å². The number of rotatable bonds is 2. The number of anilines is 1. The van der Waals surface area contributed by atoms with E-state index in [-0.39, 0.29) is 17.0 Å². The number of aromatic nitrogens is 2. The lowest BCUT2D eigenvalue weighted by molar-refractivity contribution is 0.407. The number of aryl methyl sites for hydroxylation is 1. The third-order valence-electron chi connectivity index (χ3n) is 5.73. The first-order chi connectivity index (χ1) is 14.1. The molecule has 1 aliphatic rings. The zero-order valence-electron chi connectivity index (χ0n) is 16.1. The molecule has 0 amide bonds. The van der Waals surface area contributed by atoms with Crippen molar-refractivity contribution in [2.75, 3.05) is 18.0 Å². The number of hydrogen-bond donors (Lipinski definition) is 1. The fraction of sp³-hybridized carbons (Fsp3) is 0.261. The third kappa shape index (κ3) is 2.95. The quantitative estimate of drug-likeness (QED) is 0.559. The van der Waals surface area contributed by atoms with Crippen LogP contribution in [0.1, 0.15) is 35.8 Å². The molecule has 29 heavy (non-hydrogen) atoms. The highest BCUT2D eigenvalue weighted by Gasteiger charge is 2.27. The summed E-state index contributed by atoms with van der Waals surface area (Å²) in [5, 5.41) is 10.5. The minimum absolute atomic E-state index is 0.180. The number of nitriles is 1. The monoisotopic (exact) mass is 384 g/mol. The molecule has 1 fully saturated rings. The topological polar surface area (TPSA) is 85.9 Å². The second kappa shape index (κ2) is 6.78. The van der Waals surface area contributed by atoms with E-state index in [1.807, 2.05) is 49.4 Å². The molecule has 2 aromatic carbocycles. The van der Waals surface area contributed by atoms with Crippen LogP contribution in [0.3, 0.4) is 0 Å². The van der Waals surface area contributed by atoms with Gasteiger partial charge in [0, 0.05) is 24.4 Å². The number of H-pyrrole nitrogens is 1. The van der Waals surface area contributed by atoms with Crippen molar-refractivity contribution in [2.45, 2.75) is 25.7 Å². The van der Waals surface area contributed by atoms with Crippen LogP contribution in [0.5, 0.6) is 0 Å². The van der Waals surface area contributed by atoms with Gasteiger partial charge in [0.2, 0.25) is 0 Å². The van der Waals surface area contributed by atoms with E-state index < -0.39 is 0 Å². The Morgan fingerprint density at radius 1 is 1.21 bits per heavy atom. The number of para-hydroxylation sites is 1. The Morgan fingerprint density at radius 3 is 2.79 bits per heavy atom. The highest BCUT2D eigenvalue weighted by Crippen LogP contribution is 2.35. The van der Waals surface area contributed by atoms with Crippen molar-refractivity contribution in [2.24, 2.45) is 0 Å². The third-order valence-corrected chi connectivity index (χ3v) is 5.73. The Labute approximate surface area is 167 Å². The van der Waals surface area contributed by atoms with Crippen LogP contribution >= 0.6 is 0 Å². The highest BCUT2D eigenvalue weighted by molar-refractivity contribution is 5.94. The molecule has 6 heteroatoms. The first kappa shape index (κ1) is 17.5. The van der Waals surface area contributed by atoms with Gasteiger partial charge < -0.3 is 14.3 Å².